The lowest BCUT2D eigenvalue weighted by Crippen LogP contribution is -1.96. The summed E-state index contributed by atoms with van der Waals surface area (Å²) in [7, 11) is 0. The van der Waals surface area contributed by atoms with E-state index in [-0.39, 0.29) is 5.82 Å². The van der Waals surface area contributed by atoms with Gasteiger partial charge in [-0.3, -0.25) is 4.57 Å². The molecule has 3 heteroatoms. The molecule has 18 heavy (non-hydrogen) atoms. The van der Waals surface area contributed by atoms with Gasteiger partial charge in [-0.15, -0.1) is 0 Å². The summed E-state index contributed by atoms with van der Waals surface area (Å²) < 4.78 is 14.7. The highest BCUT2D eigenvalue weighted by Gasteiger charge is 2.07. The molecule has 0 spiro atoms. The molecular weight excluding hydrogens is 227 g/mol. The van der Waals surface area contributed by atoms with Crippen molar-refractivity contribution in [2.24, 2.45) is 0 Å². The topological polar surface area (TPSA) is 17.8 Å². The van der Waals surface area contributed by atoms with E-state index in [9.17, 15) is 4.39 Å². The smallest absolute Gasteiger partial charge is 0.145 e. The van der Waals surface area contributed by atoms with Crippen molar-refractivity contribution in [2.75, 3.05) is 0 Å². The Morgan fingerprint density at radius 2 is 1.67 bits per heavy atom. The van der Waals surface area contributed by atoms with Crippen molar-refractivity contribution in [2.45, 2.75) is 0 Å². The highest BCUT2D eigenvalue weighted by molar-refractivity contribution is 5.58. The van der Waals surface area contributed by atoms with Crippen molar-refractivity contribution in [3.63, 3.8) is 0 Å². The molecule has 0 aliphatic heterocycles. The van der Waals surface area contributed by atoms with E-state index in [4.69, 9.17) is 0 Å². The summed E-state index contributed by atoms with van der Waals surface area (Å²) in [4.78, 5) is 4.30. The Labute approximate surface area is 104 Å². The maximum Gasteiger partial charge on any atom is 0.145 e. The molecule has 0 atom stereocenters. The lowest BCUT2D eigenvalue weighted by Gasteiger charge is -2.07. The highest BCUT2D eigenvalue weighted by Crippen LogP contribution is 2.20. The van der Waals surface area contributed by atoms with E-state index >= 15 is 0 Å². The number of imidazole rings is 1. The molecule has 0 fully saturated rings. The minimum Gasteiger partial charge on any atom is -0.291 e. The van der Waals surface area contributed by atoms with Crippen LogP contribution in [0.3, 0.4) is 0 Å². The molecule has 1 radical (unpaired) electrons. The molecule has 3 aromatic rings. The van der Waals surface area contributed by atoms with Crippen molar-refractivity contribution >= 4 is 0 Å². The zero-order valence-electron chi connectivity index (χ0n) is 9.55. The summed E-state index contributed by atoms with van der Waals surface area (Å²) in [6.45, 7) is 0. The molecule has 0 aliphatic carbocycles. The van der Waals surface area contributed by atoms with Crippen molar-refractivity contribution in [1.82, 2.24) is 9.55 Å². The second kappa shape index (κ2) is 4.45. The van der Waals surface area contributed by atoms with Gasteiger partial charge in [0.15, 0.2) is 0 Å². The summed E-state index contributed by atoms with van der Waals surface area (Å²) in [5, 5.41) is 0. The van der Waals surface area contributed by atoms with Gasteiger partial charge in [0.25, 0.3) is 0 Å². The SMILES string of the molecule is Fc1ccc(-n2[c]cnc2-c2ccccc2)cc1. The fourth-order valence-corrected chi connectivity index (χ4v) is 1.84. The van der Waals surface area contributed by atoms with Crippen molar-refractivity contribution in [1.29, 1.82) is 0 Å². The van der Waals surface area contributed by atoms with Crippen LogP contribution in [0.1, 0.15) is 0 Å². The average Bonchev–Trinajstić information content (AvgIpc) is 2.90. The van der Waals surface area contributed by atoms with Crippen molar-refractivity contribution in [3.8, 4) is 17.1 Å². The first kappa shape index (κ1) is 10.7. The molecule has 0 unspecified atom stereocenters. The first-order chi connectivity index (χ1) is 8.84. The van der Waals surface area contributed by atoms with Crippen LogP contribution in [0, 0.1) is 12.0 Å². The van der Waals surface area contributed by atoms with Gasteiger partial charge >= 0.3 is 0 Å². The van der Waals surface area contributed by atoms with E-state index in [1.165, 1.54) is 12.1 Å². The van der Waals surface area contributed by atoms with Crippen LogP contribution in [0.4, 0.5) is 4.39 Å². The fourth-order valence-electron chi connectivity index (χ4n) is 1.84. The Morgan fingerprint density at radius 1 is 0.944 bits per heavy atom. The van der Waals surface area contributed by atoms with Crippen LogP contribution in [0.2, 0.25) is 0 Å². The Bertz CT molecular complexity index is 642. The number of benzene rings is 2. The van der Waals surface area contributed by atoms with Gasteiger partial charge in [-0.25, -0.2) is 9.37 Å². The van der Waals surface area contributed by atoms with Gasteiger partial charge in [0.2, 0.25) is 0 Å². The predicted octanol–water partition coefficient (Wildman–Crippen LogP) is 3.48. The van der Waals surface area contributed by atoms with Gasteiger partial charge in [0, 0.05) is 11.3 Å². The second-order valence-electron chi connectivity index (χ2n) is 3.89. The maximum absolute atomic E-state index is 12.9. The zero-order valence-corrected chi connectivity index (χ0v) is 9.55. The van der Waals surface area contributed by atoms with Crippen LogP contribution >= 0.6 is 0 Å². The Kier molecular flexibility index (Phi) is 2.65. The molecule has 1 aromatic heterocycles. The minimum absolute atomic E-state index is 0.250. The van der Waals surface area contributed by atoms with Gasteiger partial charge in [0.05, 0.1) is 12.4 Å². The van der Waals surface area contributed by atoms with Crippen LogP contribution in [0.5, 0.6) is 0 Å². The van der Waals surface area contributed by atoms with Gasteiger partial charge in [0.1, 0.15) is 11.6 Å². The monoisotopic (exact) mass is 237 g/mol. The number of aromatic nitrogens is 2. The van der Waals surface area contributed by atoms with E-state index in [1.807, 2.05) is 34.9 Å². The summed E-state index contributed by atoms with van der Waals surface area (Å²) in [6, 6.07) is 16.1. The molecule has 2 aromatic carbocycles. The van der Waals surface area contributed by atoms with Gasteiger partial charge in [-0.1, -0.05) is 30.3 Å². The number of nitrogens with zero attached hydrogens (tertiary/aromatic N) is 2. The molecule has 0 amide bonds. The Morgan fingerprint density at radius 3 is 2.39 bits per heavy atom. The molecule has 87 valence electrons. The third-order valence-corrected chi connectivity index (χ3v) is 2.70. The van der Waals surface area contributed by atoms with Crippen molar-refractivity contribution < 1.29 is 4.39 Å². The lowest BCUT2D eigenvalue weighted by atomic mass is 10.2. The molecule has 0 N–H and O–H groups in total. The minimum atomic E-state index is -0.250. The third kappa shape index (κ3) is 1.91. The average molecular weight is 237 g/mol. The van der Waals surface area contributed by atoms with Crippen LogP contribution in [-0.4, -0.2) is 9.55 Å². The molecule has 0 aliphatic rings. The van der Waals surface area contributed by atoms with Crippen LogP contribution in [-0.2, 0) is 0 Å². The summed E-state index contributed by atoms with van der Waals surface area (Å²) in [5.74, 6) is 0.544. The number of rotatable bonds is 2. The van der Waals surface area contributed by atoms with Gasteiger partial charge in [-0.05, 0) is 24.3 Å². The summed E-state index contributed by atoms with van der Waals surface area (Å²) >= 11 is 0. The number of halogens is 1. The van der Waals surface area contributed by atoms with E-state index in [2.05, 4.69) is 11.2 Å². The largest absolute Gasteiger partial charge is 0.291 e. The normalized spacial score (nSPS) is 10.5. The fraction of sp³-hybridized carbons (Fsp3) is 0. The number of hydrogen-bond acceptors (Lipinski definition) is 1. The van der Waals surface area contributed by atoms with Crippen LogP contribution < -0.4 is 0 Å². The van der Waals surface area contributed by atoms with E-state index < -0.39 is 0 Å². The summed E-state index contributed by atoms with van der Waals surface area (Å²) in [6.07, 6.45) is 4.64. The highest BCUT2D eigenvalue weighted by atomic mass is 19.1. The first-order valence-corrected chi connectivity index (χ1v) is 5.61. The first-order valence-electron chi connectivity index (χ1n) is 5.61. The maximum atomic E-state index is 12.9. The molecule has 0 bridgehead atoms. The van der Waals surface area contributed by atoms with E-state index in [0.717, 1.165) is 17.1 Å². The molecule has 0 saturated carbocycles. The van der Waals surface area contributed by atoms with Crippen molar-refractivity contribution in [3.05, 3.63) is 72.8 Å². The van der Waals surface area contributed by atoms with Gasteiger partial charge < -0.3 is 0 Å². The lowest BCUT2D eigenvalue weighted by molar-refractivity contribution is 0.627. The number of hydrogen-bond donors (Lipinski definition) is 0. The standard InChI is InChI=1S/C15H10FN2/c16-13-6-8-14(9-7-13)18-11-10-17-15(18)12-4-2-1-3-5-12/h1-10H. The molecule has 1 heterocycles. The molecule has 3 rings (SSSR count). The Balaban J connectivity index is 2.10. The second-order valence-corrected chi connectivity index (χ2v) is 3.89. The van der Waals surface area contributed by atoms with Crippen LogP contribution in [0.15, 0.2) is 60.8 Å². The van der Waals surface area contributed by atoms with E-state index in [0.29, 0.717) is 0 Å². The Hall–Kier alpha value is -2.42. The quantitative estimate of drug-likeness (QED) is 0.667. The summed E-state index contributed by atoms with van der Waals surface area (Å²) in [5.41, 5.74) is 1.84. The molecule has 2 nitrogen and oxygen atoms in total. The molecule has 0 saturated heterocycles. The third-order valence-electron chi connectivity index (χ3n) is 2.70. The van der Waals surface area contributed by atoms with Crippen LogP contribution in [0.25, 0.3) is 17.1 Å². The predicted molar refractivity (Wildman–Crippen MR) is 67.8 cm³/mol. The van der Waals surface area contributed by atoms with E-state index in [1.54, 1.807) is 18.3 Å². The zero-order chi connectivity index (χ0) is 12.4. The molecular formula is C15H10FN2. The van der Waals surface area contributed by atoms with Gasteiger partial charge in [-0.2, -0.15) is 0 Å².